The molecule has 0 bridgehead atoms. The number of unbranched alkanes of at least 4 members (excludes halogenated alkanes) is 12. The van der Waals surface area contributed by atoms with Gasteiger partial charge in [0.2, 0.25) is 12.2 Å². The third-order valence-electron chi connectivity index (χ3n) is 3.97. The highest BCUT2D eigenvalue weighted by Gasteiger charge is 2.03. The molecule has 4 nitrogen and oxygen atoms in total. The SMILES string of the molecule is CCCCCCCCCCCCCCCC(N=C=O)N=C=O. The Morgan fingerprint density at radius 2 is 1.00 bits per heavy atom. The summed E-state index contributed by atoms with van der Waals surface area (Å²) in [4.78, 5) is 27.2. The third-order valence-corrected chi connectivity index (χ3v) is 3.97. The van der Waals surface area contributed by atoms with E-state index in [0.29, 0.717) is 6.42 Å². The molecule has 0 heterocycles. The van der Waals surface area contributed by atoms with Crippen molar-refractivity contribution in [2.24, 2.45) is 9.98 Å². The fourth-order valence-electron chi connectivity index (χ4n) is 2.62. The molecule has 0 radical (unpaired) electrons. The van der Waals surface area contributed by atoms with Gasteiger partial charge in [0, 0.05) is 0 Å². The predicted octanol–water partition coefficient (Wildman–Crippen LogP) is 5.47. The van der Waals surface area contributed by atoms with Crippen LogP contribution in [0.2, 0.25) is 0 Å². The summed E-state index contributed by atoms with van der Waals surface area (Å²) < 4.78 is 0. The van der Waals surface area contributed by atoms with Crippen molar-refractivity contribution in [1.82, 2.24) is 0 Å². The van der Waals surface area contributed by atoms with Crippen LogP contribution < -0.4 is 0 Å². The lowest BCUT2D eigenvalue weighted by Crippen LogP contribution is -1.99. The minimum absolute atomic E-state index is 0.567. The van der Waals surface area contributed by atoms with Crippen LogP contribution in [0.25, 0.3) is 0 Å². The van der Waals surface area contributed by atoms with Gasteiger partial charge in [0.05, 0.1) is 0 Å². The molecule has 0 aromatic carbocycles. The average Bonchev–Trinajstić information content (AvgIpc) is 2.52. The van der Waals surface area contributed by atoms with E-state index in [1.165, 1.54) is 82.8 Å². The molecular weight excluding hydrogens is 276 g/mol. The topological polar surface area (TPSA) is 58.9 Å². The van der Waals surface area contributed by atoms with Gasteiger partial charge in [-0.3, -0.25) is 0 Å². The first-order valence-electron chi connectivity index (χ1n) is 8.99. The van der Waals surface area contributed by atoms with E-state index < -0.39 is 6.17 Å². The van der Waals surface area contributed by atoms with Gasteiger partial charge in [-0.1, -0.05) is 84.0 Å². The van der Waals surface area contributed by atoms with Crippen molar-refractivity contribution in [3.8, 4) is 0 Å². The molecule has 0 aliphatic carbocycles. The first-order chi connectivity index (χ1) is 10.8. The molecule has 0 aromatic heterocycles. The van der Waals surface area contributed by atoms with Gasteiger partial charge in [0.1, 0.15) is 0 Å². The second-order valence-electron chi connectivity index (χ2n) is 5.95. The Hall–Kier alpha value is -1.24. The first-order valence-corrected chi connectivity index (χ1v) is 8.99. The summed E-state index contributed by atoms with van der Waals surface area (Å²) in [5.41, 5.74) is 0. The van der Waals surface area contributed by atoms with E-state index >= 15 is 0 Å². The Kier molecular flexibility index (Phi) is 16.8. The molecular formula is C18H32N2O2. The van der Waals surface area contributed by atoms with E-state index in [-0.39, 0.29) is 0 Å². The highest BCUT2D eigenvalue weighted by molar-refractivity contribution is 5.36. The number of hydrogen-bond acceptors (Lipinski definition) is 4. The van der Waals surface area contributed by atoms with E-state index in [1.54, 1.807) is 0 Å². The van der Waals surface area contributed by atoms with Gasteiger partial charge in [0.15, 0.2) is 6.17 Å². The van der Waals surface area contributed by atoms with Crippen molar-refractivity contribution in [2.45, 2.75) is 103 Å². The quantitative estimate of drug-likeness (QED) is 0.216. The van der Waals surface area contributed by atoms with Crippen LogP contribution in [0, 0.1) is 0 Å². The van der Waals surface area contributed by atoms with E-state index in [0.717, 1.165) is 12.8 Å². The van der Waals surface area contributed by atoms with Crippen LogP contribution in [0.3, 0.4) is 0 Å². The fourth-order valence-corrected chi connectivity index (χ4v) is 2.62. The van der Waals surface area contributed by atoms with Gasteiger partial charge in [-0.05, 0) is 12.8 Å². The molecule has 0 fully saturated rings. The number of hydrogen-bond donors (Lipinski definition) is 0. The Bertz CT molecular complexity index is 314. The zero-order chi connectivity index (χ0) is 16.3. The van der Waals surface area contributed by atoms with Crippen LogP contribution in [-0.4, -0.2) is 18.3 Å². The lowest BCUT2D eigenvalue weighted by atomic mass is 10.0. The van der Waals surface area contributed by atoms with Crippen LogP contribution in [-0.2, 0) is 9.59 Å². The second-order valence-corrected chi connectivity index (χ2v) is 5.95. The van der Waals surface area contributed by atoms with Crippen LogP contribution >= 0.6 is 0 Å². The molecule has 0 rings (SSSR count). The van der Waals surface area contributed by atoms with E-state index in [9.17, 15) is 9.59 Å². The largest absolute Gasteiger partial charge is 0.237 e. The molecule has 0 spiro atoms. The van der Waals surface area contributed by atoms with Crippen LogP contribution in [0.15, 0.2) is 9.98 Å². The number of isocyanates is 2. The second kappa shape index (κ2) is 17.8. The standard InChI is InChI=1S/C18H32N2O2/c1-2-3-4-5-6-7-8-9-10-11-12-13-14-15-18(19-16-21)20-17-22/h18H,2-15H2,1H3. The lowest BCUT2D eigenvalue weighted by molar-refractivity contribution is 0.512. The lowest BCUT2D eigenvalue weighted by Gasteiger charge is -2.04. The molecule has 4 heteroatoms. The summed E-state index contributed by atoms with van der Waals surface area (Å²) in [5.74, 6) is 0. The smallest absolute Gasteiger partial charge is 0.211 e. The van der Waals surface area contributed by atoms with Crippen molar-refractivity contribution in [3.05, 3.63) is 0 Å². The highest BCUT2D eigenvalue weighted by atomic mass is 16.1. The van der Waals surface area contributed by atoms with Crippen molar-refractivity contribution < 1.29 is 9.59 Å². The number of carbonyl (C=O) groups excluding carboxylic acids is 2. The molecule has 22 heavy (non-hydrogen) atoms. The van der Waals surface area contributed by atoms with Gasteiger partial charge in [-0.15, -0.1) is 0 Å². The maximum absolute atomic E-state index is 10.1. The van der Waals surface area contributed by atoms with Crippen molar-refractivity contribution in [3.63, 3.8) is 0 Å². The molecule has 0 aromatic rings. The summed E-state index contributed by atoms with van der Waals surface area (Å²) in [6, 6.07) is 0. The van der Waals surface area contributed by atoms with Crippen LogP contribution in [0.1, 0.15) is 96.8 Å². The molecule has 0 atom stereocenters. The Morgan fingerprint density at radius 3 is 1.36 bits per heavy atom. The highest BCUT2D eigenvalue weighted by Crippen LogP contribution is 2.14. The summed E-state index contributed by atoms with van der Waals surface area (Å²) >= 11 is 0. The number of rotatable bonds is 16. The minimum Gasteiger partial charge on any atom is -0.211 e. The molecule has 0 saturated heterocycles. The van der Waals surface area contributed by atoms with E-state index in [1.807, 2.05) is 0 Å². The van der Waals surface area contributed by atoms with Crippen molar-refractivity contribution >= 4 is 12.2 Å². The zero-order valence-electron chi connectivity index (χ0n) is 14.2. The maximum Gasteiger partial charge on any atom is 0.237 e. The van der Waals surface area contributed by atoms with Gasteiger partial charge >= 0.3 is 0 Å². The van der Waals surface area contributed by atoms with Gasteiger partial charge < -0.3 is 0 Å². The number of aliphatic imine (C=N–C) groups is 2. The predicted molar refractivity (Wildman–Crippen MR) is 90.3 cm³/mol. The zero-order valence-corrected chi connectivity index (χ0v) is 14.2. The monoisotopic (exact) mass is 308 g/mol. The van der Waals surface area contributed by atoms with Gasteiger partial charge in [-0.2, -0.15) is 9.98 Å². The van der Waals surface area contributed by atoms with Gasteiger partial charge in [0.25, 0.3) is 0 Å². The molecule has 0 aliphatic rings. The molecule has 126 valence electrons. The van der Waals surface area contributed by atoms with Gasteiger partial charge in [-0.25, -0.2) is 9.59 Å². The minimum atomic E-state index is -0.567. The molecule has 0 aliphatic heterocycles. The van der Waals surface area contributed by atoms with E-state index in [4.69, 9.17) is 0 Å². The fraction of sp³-hybridized carbons (Fsp3) is 0.889. The molecule has 0 N–H and O–H groups in total. The average molecular weight is 308 g/mol. The molecule has 0 unspecified atom stereocenters. The summed E-state index contributed by atoms with van der Waals surface area (Å²) in [7, 11) is 0. The molecule has 0 amide bonds. The first kappa shape index (κ1) is 20.8. The molecule has 0 saturated carbocycles. The summed E-state index contributed by atoms with van der Waals surface area (Å²) in [6.07, 6.45) is 19.8. The number of nitrogens with zero attached hydrogens (tertiary/aromatic N) is 2. The Balaban J connectivity index is 3.26. The van der Waals surface area contributed by atoms with Crippen LogP contribution in [0.5, 0.6) is 0 Å². The third kappa shape index (κ3) is 15.2. The summed E-state index contributed by atoms with van der Waals surface area (Å²) in [6.45, 7) is 2.26. The van der Waals surface area contributed by atoms with Crippen LogP contribution in [0.4, 0.5) is 0 Å². The maximum atomic E-state index is 10.1. The normalized spacial score (nSPS) is 11.5. The Morgan fingerprint density at radius 1 is 0.636 bits per heavy atom. The van der Waals surface area contributed by atoms with Crippen molar-refractivity contribution in [1.29, 1.82) is 0 Å². The van der Waals surface area contributed by atoms with E-state index in [2.05, 4.69) is 16.9 Å². The van der Waals surface area contributed by atoms with Crippen molar-refractivity contribution in [2.75, 3.05) is 0 Å². The Labute approximate surface area is 135 Å². The summed E-state index contributed by atoms with van der Waals surface area (Å²) in [5, 5.41) is 0.